The fourth-order valence-corrected chi connectivity index (χ4v) is 1.82. The van der Waals surface area contributed by atoms with E-state index in [0.29, 0.717) is 11.1 Å². The van der Waals surface area contributed by atoms with Gasteiger partial charge in [0.1, 0.15) is 5.82 Å². The first kappa shape index (κ1) is 12.3. The number of rotatable bonds is 3. The Morgan fingerprint density at radius 1 is 1.17 bits per heavy atom. The number of nitrogens with two attached hydrogens (primary N) is 1. The van der Waals surface area contributed by atoms with Crippen molar-refractivity contribution in [2.45, 2.75) is 12.8 Å². The van der Waals surface area contributed by atoms with Crippen molar-refractivity contribution in [1.29, 1.82) is 0 Å². The van der Waals surface area contributed by atoms with E-state index < -0.39 is 11.8 Å². The molecule has 2 rings (SSSR count). The van der Waals surface area contributed by atoms with Crippen molar-refractivity contribution < 1.29 is 9.18 Å². The van der Waals surface area contributed by atoms with E-state index in [9.17, 15) is 9.18 Å². The van der Waals surface area contributed by atoms with Gasteiger partial charge in [0.15, 0.2) is 0 Å². The van der Waals surface area contributed by atoms with Crippen LogP contribution in [0.5, 0.6) is 0 Å². The average Bonchev–Trinajstić information content (AvgIpc) is 2.38. The predicted octanol–water partition coefficient (Wildman–Crippen LogP) is 3.08. The van der Waals surface area contributed by atoms with E-state index in [4.69, 9.17) is 5.73 Å². The van der Waals surface area contributed by atoms with Crippen LogP contribution in [0.2, 0.25) is 0 Å². The van der Waals surface area contributed by atoms with Crippen LogP contribution in [0.1, 0.15) is 18.4 Å². The first-order valence-corrected chi connectivity index (χ1v) is 5.74. The molecule has 1 atom stereocenters. The molecule has 1 amide bonds. The second kappa shape index (κ2) is 5.00. The molecule has 0 heterocycles. The first-order chi connectivity index (χ1) is 8.59. The van der Waals surface area contributed by atoms with Crippen LogP contribution in [0.15, 0.2) is 48.5 Å². The van der Waals surface area contributed by atoms with E-state index in [1.165, 1.54) is 6.07 Å². The van der Waals surface area contributed by atoms with Gasteiger partial charge in [0, 0.05) is 5.56 Å². The lowest BCUT2D eigenvalue weighted by Gasteiger charge is -2.10. The summed E-state index contributed by atoms with van der Waals surface area (Å²) >= 11 is 0. The van der Waals surface area contributed by atoms with Gasteiger partial charge in [-0.3, -0.25) is 4.79 Å². The van der Waals surface area contributed by atoms with Crippen LogP contribution >= 0.6 is 0 Å². The predicted molar refractivity (Wildman–Crippen MR) is 69.4 cm³/mol. The van der Waals surface area contributed by atoms with Gasteiger partial charge in [-0.2, -0.15) is 0 Å². The Morgan fingerprint density at radius 2 is 1.83 bits per heavy atom. The molecular formula is C15H14FNO. The third-order valence-electron chi connectivity index (χ3n) is 3.00. The molecule has 0 bridgehead atoms. The molecule has 0 unspecified atom stereocenters. The fraction of sp³-hybridized carbons (Fsp3) is 0.133. The zero-order valence-corrected chi connectivity index (χ0v) is 10.1. The molecule has 0 fully saturated rings. The zero-order chi connectivity index (χ0) is 13.1. The Labute approximate surface area is 105 Å². The molecule has 18 heavy (non-hydrogen) atoms. The zero-order valence-electron chi connectivity index (χ0n) is 10.1. The van der Waals surface area contributed by atoms with Gasteiger partial charge in [0.25, 0.3) is 0 Å². The van der Waals surface area contributed by atoms with Crippen molar-refractivity contribution in [1.82, 2.24) is 0 Å². The van der Waals surface area contributed by atoms with Crippen molar-refractivity contribution in [3.05, 3.63) is 59.9 Å². The molecule has 0 spiro atoms. The van der Waals surface area contributed by atoms with Crippen molar-refractivity contribution >= 4 is 5.91 Å². The van der Waals surface area contributed by atoms with Crippen LogP contribution < -0.4 is 5.73 Å². The van der Waals surface area contributed by atoms with Gasteiger partial charge in [0.05, 0.1) is 5.92 Å². The minimum atomic E-state index is -0.482. The van der Waals surface area contributed by atoms with Gasteiger partial charge in [0.2, 0.25) is 5.91 Å². The maximum absolute atomic E-state index is 14.0. The molecule has 0 saturated carbocycles. The molecule has 0 aromatic heterocycles. The van der Waals surface area contributed by atoms with Crippen molar-refractivity contribution in [2.24, 2.45) is 5.73 Å². The van der Waals surface area contributed by atoms with Crippen LogP contribution in [0, 0.1) is 5.82 Å². The third-order valence-corrected chi connectivity index (χ3v) is 3.00. The van der Waals surface area contributed by atoms with E-state index in [2.05, 4.69) is 0 Å². The standard InChI is InChI=1S/C15H14FNO/c1-10(15(17)18)12-7-8-13(14(16)9-12)11-5-3-2-4-6-11/h2-10H,1H3,(H2,17,18)/t10-/m0/s1. The minimum Gasteiger partial charge on any atom is -0.369 e. The summed E-state index contributed by atoms with van der Waals surface area (Å²) in [6.45, 7) is 1.67. The Balaban J connectivity index is 2.40. The Kier molecular flexibility index (Phi) is 3.42. The molecule has 2 aromatic carbocycles. The van der Waals surface area contributed by atoms with Gasteiger partial charge in [-0.25, -0.2) is 4.39 Å². The van der Waals surface area contributed by atoms with Crippen molar-refractivity contribution in [2.75, 3.05) is 0 Å². The van der Waals surface area contributed by atoms with Crippen LogP contribution in [-0.2, 0) is 4.79 Å². The van der Waals surface area contributed by atoms with Crippen LogP contribution in [0.25, 0.3) is 11.1 Å². The van der Waals surface area contributed by atoms with E-state index in [-0.39, 0.29) is 5.82 Å². The Bertz CT molecular complexity index is 566. The normalized spacial score (nSPS) is 12.1. The molecule has 0 radical (unpaired) electrons. The first-order valence-electron chi connectivity index (χ1n) is 5.74. The maximum Gasteiger partial charge on any atom is 0.224 e. The fourth-order valence-electron chi connectivity index (χ4n) is 1.82. The second-order valence-corrected chi connectivity index (χ2v) is 4.23. The van der Waals surface area contributed by atoms with Gasteiger partial charge < -0.3 is 5.73 Å². The number of amides is 1. The van der Waals surface area contributed by atoms with Crippen LogP contribution in [0.4, 0.5) is 4.39 Å². The summed E-state index contributed by atoms with van der Waals surface area (Å²) in [7, 11) is 0. The molecule has 2 aromatic rings. The molecule has 3 heteroatoms. The maximum atomic E-state index is 14.0. The minimum absolute atomic E-state index is 0.341. The lowest BCUT2D eigenvalue weighted by molar-refractivity contribution is -0.119. The van der Waals surface area contributed by atoms with Gasteiger partial charge in [-0.1, -0.05) is 42.5 Å². The largest absolute Gasteiger partial charge is 0.369 e. The van der Waals surface area contributed by atoms with E-state index in [1.54, 1.807) is 19.1 Å². The van der Waals surface area contributed by atoms with Crippen LogP contribution in [0.3, 0.4) is 0 Å². The summed E-state index contributed by atoms with van der Waals surface area (Å²) in [4.78, 5) is 11.1. The molecular weight excluding hydrogens is 229 g/mol. The molecule has 0 aliphatic rings. The van der Waals surface area contributed by atoms with E-state index in [1.807, 2.05) is 30.3 Å². The molecule has 2 nitrogen and oxygen atoms in total. The molecule has 0 aliphatic carbocycles. The van der Waals surface area contributed by atoms with Gasteiger partial charge >= 0.3 is 0 Å². The quantitative estimate of drug-likeness (QED) is 0.884. The van der Waals surface area contributed by atoms with Crippen molar-refractivity contribution in [3.8, 4) is 11.1 Å². The number of hydrogen-bond donors (Lipinski definition) is 1. The number of halogens is 1. The second-order valence-electron chi connectivity index (χ2n) is 4.23. The molecule has 0 aliphatic heterocycles. The average molecular weight is 243 g/mol. The Morgan fingerprint density at radius 3 is 2.39 bits per heavy atom. The molecule has 2 N–H and O–H groups in total. The Hall–Kier alpha value is -2.16. The highest BCUT2D eigenvalue weighted by Crippen LogP contribution is 2.25. The SMILES string of the molecule is C[C@H](C(N)=O)c1ccc(-c2ccccc2)c(F)c1. The number of benzene rings is 2. The summed E-state index contributed by atoms with van der Waals surface area (Å²) in [6.07, 6.45) is 0. The van der Waals surface area contributed by atoms with E-state index in [0.717, 1.165) is 5.56 Å². The lowest BCUT2D eigenvalue weighted by Crippen LogP contribution is -2.18. The smallest absolute Gasteiger partial charge is 0.224 e. The number of primary amides is 1. The van der Waals surface area contributed by atoms with Crippen molar-refractivity contribution in [3.63, 3.8) is 0 Å². The van der Waals surface area contributed by atoms with Gasteiger partial charge in [-0.05, 0) is 24.1 Å². The topological polar surface area (TPSA) is 43.1 Å². The third kappa shape index (κ3) is 2.40. The highest BCUT2D eigenvalue weighted by Gasteiger charge is 2.14. The lowest BCUT2D eigenvalue weighted by atomic mass is 9.96. The highest BCUT2D eigenvalue weighted by atomic mass is 19.1. The summed E-state index contributed by atoms with van der Waals surface area (Å²) in [5, 5.41) is 0. The number of hydrogen-bond acceptors (Lipinski definition) is 1. The summed E-state index contributed by atoms with van der Waals surface area (Å²) < 4.78 is 14.0. The molecule has 0 saturated heterocycles. The monoisotopic (exact) mass is 243 g/mol. The van der Waals surface area contributed by atoms with Gasteiger partial charge in [-0.15, -0.1) is 0 Å². The number of carbonyl (C=O) groups excluding carboxylic acids is 1. The highest BCUT2D eigenvalue weighted by molar-refractivity contribution is 5.81. The summed E-state index contributed by atoms with van der Waals surface area (Å²) in [5.41, 5.74) is 7.14. The van der Waals surface area contributed by atoms with Crippen LogP contribution in [-0.4, -0.2) is 5.91 Å². The molecule has 92 valence electrons. The number of carbonyl (C=O) groups is 1. The van der Waals surface area contributed by atoms with E-state index >= 15 is 0 Å². The summed E-state index contributed by atoms with van der Waals surface area (Å²) in [6, 6.07) is 14.1. The summed E-state index contributed by atoms with van der Waals surface area (Å²) in [5.74, 6) is -1.28.